The summed E-state index contributed by atoms with van der Waals surface area (Å²) in [4.78, 5) is 0. The van der Waals surface area contributed by atoms with Gasteiger partial charge in [-0.15, -0.1) is 0 Å². The molecule has 32 valence electrons. The molecule has 0 aromatic rings. The Balaban J connectivity index is 3.17. The molecular weight excluding hydrogens is 87.0 g/mol. The minimum atomic E-state index is -0.397. The molecule has 0 aliphatic heterocycles. The molecule has 0 aliphatic carbocycles. The van der Waals surface area contributed by atoms with Crippen LogP contribution < -0.4 is 0 Å². The fraction of sp³-hybridized carbons (Fsp3) is 1.00. The maximum atomic E-state index is 8.86. The van der Waals surface area contributed by atoms with Crippen LogP contribution in [-0.4, -0.2) is 38.6 Å². The van der Waals surface area contributed by atoms with Crippen LogP contribution in [0.3, 0.4) is 0 Å². The van der Waals surface area contributed by atoms with Gasteiger partial charge in [-0.25, -0.2) is 0 Å². The summed E-state index contributed by atoms with van der Waals surface area (Å²) >= 11 is 1.10. The fourth-order valence-corrected chi connectivity index (χ4v) is 0. The Labute approximate surface area is 56.2 Å². The van der Waals surface area contributed by atoms with E-state index in [1.165, 1.54) is 0 Å². The van der Waals surface area contributed by atoms with Crippen LogP contribution in [0.15, 0.2) is 0 Å². The summed E-state index contributed by atoms with van der Waals surface area (Å²) in [5.74, 6) is 0. The summed E-state index contributed by atoms with van der Waals surface area (Å²) in [5.41, 5.74) is -0.397. The maximum absolute atomic E-state index is 8.86. The molecule has 1 nitrogen and oxygen atoms in total. The molecule has 0 aliphatic rings. The summed E-state index contributed by atoms with van der Waals surface area (Å²) in [6.45, 7) is 3.67. The van der Waals surface area contributed by atoms with Gasteiger partial charge in [-0.3, -0.25) is 0 Å². The predicted molar refractivity (Wildman–Crippen MR) is 26.9 cm³/mol. The third-order valence-electron chi connectivity index (χ3n) is 0.865. The Hall–Kier alpha value is 0.960. The van der Waals surface area contributed by atoms with E-state index < -0.39 is 5.60 Å². The van der Waals surface area contributed by atoms with Crippen molar-refractivity contribution in [2.24, 2.45) is 0 Å². The van der Waals surface area contributed by atoms with Crippen molar-refractivity contribution in [2.45, 2.75) is 23.1 Å². The Morgan fingerprint density at radius 3 is 1.83 bits per heavy atom. The predicted octanol–water partition coefficient (Wildman–Crippen LogP) is 0.344. The van der Waals surface area contributed by atoms with Gasteiger partial charge in [0, 0.05) is 0 Å². The molecule has 0 bridgehead atoms. The molecule has 0 spiro atoms. The van der Waals surface area contributed by atoms with Crippen molar-refractivity contribution in [1.29, 1.82) is 0 Å². The second-order valence-electron chi connectivity index (χ2n) is 2.17. The first-order chi connectivity index (χ1) is 2.56. The molecule has 0 rings (SSSR count). The molecule has 6 heavy (non-hydrogen) atoms. The minimum absolute atomic E-state index is 0.397. The van der Waals surface area contributed by atoms with Gasteiger partial charge in [0.2, 0.25) is 0 Å². The number of aliphatic hydroxyl groups is 1. The molecule has 0 aromatic carbocycles. The molecule has 0 fully saturated rings. The van der Waals surface area contributed by atoms with Crippen LogP contribution in [0.4, 0.5) is 0 Å². The average Bonchev–Trinajstić information content (AvgIpc) is 1.35. The first-order valence-corrected chi connectivity index (χ1v) is 3.70. The van der Waals surface area contributed by atoms with Gasteiger partial charge in [0.05, 0.1) is 0 Å². The van der Waals surface area contributed by atoms with Crippen LogP contribution in [0.1, 0.15) is 13.8 Å². The topological polar surface area (TPSA) is 20.2 Å². The second-order valence-corrected chi connectivity index (χ2v) is 2.87. The Kier molecular flexibility index (Phi) is 2.68. The van der Waals surface area contributed by atoms with Gasteiger partial charge in [0.15, 0.2) is 0 Å². The van der Waals surface area contributed by atoms with E-state index in [-0.39, 0.29) is 0 Å². The van der Waals surface area contributed by atoms with Gasteiger partial charge in [0.1, 0.15) is 0 Å². The molecule has 0 saturated carbocycles. The van der Waals surface area contributed by atoms with Crippen molar-refractivity contribution >= 4 is 27.9 Å². The summed E-state index contributed by atoms with van der Waals surface area (Å²) in [5, 5.41) is 8.86. The van der Waals surface area contributed by atoms with Crippen molar-refractivity contribution in [3.05, 3.63) is 0 Å². The molecule has 0 aromatic heterocycles. The van der Waals surface area contributed by atoms with Gasteiger partial charge in [-0.2, -0.15) is 0 Å². The van der Waals surface area contributed by atoms with Crippen LogP contribution in [0.25, 0.3) is 0 Å². The monoisotopic (exact) mass is 96.1 g/mol. The molecule has 0 amide bonds. The Bertz CT molecular complexity index is 37.3. The van der Waals surface area contributed by atoms with Crippen LogP contribution in [0, 0.1) is 0 Å². The van der Waals surface area contributed by atoms with E-state index in [4.69, 9.17) is 5.11 Å². The van der Waals surface area contributed by atoms with E-state index in [9.17, 15) is 0 Å². The molecule has 0 heterocycles. The zero-order valence-corrected chi connectivity index (χ0v) is 6.65. The van der Waals surface area contributed by atoms with Gasteiger partial charge in [-0.1, -0.05) is 0 Å². The van der Waals surface area contributed by atoms with Crippen molar-refractivity contribution < 1.29 is 5.11 Å². The van der Waals surface area contributed by atoms with Crippen molar-refractivity contribution in [1.82, 2.24) is 0 Å². The Morgan fingerprint density at radius 1 is 1.67 bits per heavy atom. The van der Waals surface area contributed by atoms with Crippen LogP contribution >= 0.6 is 0 Å². The molecule has 1 N–H and O–H groups in total. The van der Waals surface area contributed by atoms with Gasteiger partial charge in [0.25, 0.3) is 0 Å². The molecule has 0 saturated heterocycles. The summed E-state index contributed by atoms with van der Waals surface area (Å²) < 4.78 is 0.965. The molecule has 0 radical (unpaired) electrons. The summed E-state index contributed by atoms with van der Waals surface area (Å²) in [6, 6.07) is 0. The standard InChI is InChI=1S/C4H9O.Na/c1-4(2,3)5;/h5H,1H2,2-3H3;. The second kappa shape index (κ2) is 2.31. The van der Waals surface area contributed by atoms with Crippen molar-refractivity contribution in [2.75, 3.05) is 0 Å². The van der Waals surface area contributed by atoms with Crippen LogP contribution in [-0.2, 0) is 0 Å². The zero-order chi connectivity index (χ0) is 5.21. The SMILES string of the molecule is CC(C)(O)[CH2][Na]. The number of rotatable bonds is 1. The van der Waals surface area contributed by atoms with Gasteiger partial charge in [-0.05, 0) is 0 Å². The normalized spacial score (nSPS) is 12.2. The molecule has 2 heteroatoms. The third kappa shape index (κ3) is 4.96. The first kappa shape index (κ1) is 6.96. The first-order valence-electron chi connectivity index (χ1n) is 2.28. The van der Waals surface area contributed by atoms with E-state index in [0.717, 1.165) is 31.6 Å². The fourth-order valence-electron chi connectivity index (χ4n) is 0. The van der Waals surface area contributed by atoms with Crippen LogP contribution in [0.5, 0.6) is 0 Å². The molecule has 0 atom stereocenters. The quantitative estimate of drug-likeness (QED) is 0.467. The molecule has 0 unspecified atom stereocenters. The van der Waals surface area contributed by atoms with Crippen molar-refractivity contribution in [3.63, 3.8) is 0 Å². The summed E-state index contributed by atoms with van der Waals surface area (Å²) in [7, 11) is 0. The van der Waals surface area contributed by atoms with E-state index >= 15 is 0 Å². The van der Waals surface area contributed by atoms with Gasteiger partial charge >= 0.3 is 56.2 Å². The van der Waals surface area contributed by atoms with E-state index in [2.05, 4.69) is 0 Å². The third-order valence-corrected chi connectivity index (χ3v) is 2.60. The van der Waals surface area contributed by atoms with Crippen LogP contribution in [0.2, 0.25) is 3.67 Å². The summed E-state index contributed by atoms with van der Waals surface area (Å²) in [6.07, 6.45) is 0. The average molecular weight is 96.1 g/mol. The zero-order valence-electron chi connectivity index (χ0n) is 4.65. The number of hydrogen-bond donors (Lipinski definition) is 1. The van der Waals surface area contributed by atoms with Crippen molar-refractivity contribution in [3.8, 4) is 0 Å². The van der Waals surface area contributed by atoms with Gasteiger partial charge < -0.3 is 0 Å². The van der Waals surface area contributed by atoms with E-state index in [0.29, 0.717) is 0 Å². The van der Waals surface area contributed by atoms with E-state index in [1.807, 2.05) is 13.8 Å². The molecular formula is C4H9NaO. The number of hydrogen-bond acceptors (Lipinski definition) is 1. The Morgan fingerprint density at radius 2 is 1.83 bits per heavy atom. The van der Waals surface area contributed by atoms with E-state index in [1.54, 1.807) is 0 Å².